The van der Waals surface area contributed by atoms with Gasteiger partial charge in [0.25, 0.3) is 0 Å². The highest BCUT2D eigenvalue weighted by Crippen LogP contribution is 2.12. The first-order chi connectivity index (χ1) is 7.40. The zero-order valence-electron chi connectivity index (χ0n) is 10.4. The maximum absolute atomic E-state index is 11.5. The number of carbonyl (C=O) groups is 1. The maximum Gasteiger partial charge on any atom is 0.407 e. The third kappa shape index (κ3) is 4.66. The predicted octanol–water partition coefficient (Wildman–Crippen LogP) is 1.82. The molecule has 1 amide bonds. The first-order valence-electron chi connectivity index (χ1n) is 5.74. The van der Waals surface area contributed by atoms with E-state index in [0.717, 1.165) is 19.4 Å². The number of rotatable bonds is 3. The van der Waals surface area contributed by atoms with Crippen molar-refractivity contribution in [3.05, 3.63) is 12.7 Å². The monoisotopic (exact) mass is 226 g/mol. The van der Waals surface area contributed by atoms with Crippen LogP contribution in [0.5, 0.6) is 0 Å². The van der Waals surface area contributed by atoms with E-state index >= 15 is 0 Å². The van der Waals surface area contributed by atoms with Gasteiger partial charge in [-0.05, 0) is 33.6 Å². The van der Waals surface area contributed by atoms with E-state index in [1.807, 2.05) is 26.8 Å². The molecule has 16 heavy (non-hydrogen) atoms. The molecule has 0 aromatic heterocycles. The number of ether oxygens (including phenoxy) is 1. The molecule has 0 spiro atoms. The largest absolute Gasteiger partial charge is 0.444 e. The SMILES string of the molecule is C=CC[C@H]1C[C@H](NC(=O)OC(C)(C)C)CN1. The van der Waals surface area contributed by atoms with Crippen molar-refractivity contribution < 1.29 is 9.53 Å². The summed E-state index contributed by atoms with van der Waals surface area (Å²) in [7, 11) is 0. The second kappa shape index (κ2) is 5.34. The highest BCUT2D eigenvalue weighted by Gasteiger charge is 2.26. The van der Waals surface area contributed by atoms with Crippen LogP contribution in [0.1, 0.15) is 33.6 Å². The lowest BCUT2D eigenvalue weighted by atomic mass is 10.1. The van der Waals surface area contributed by atoms with E-state index < -0.39 is 5.60 Å². The average molecular weight is 226 g/mol. The molecule has 1 fully saturated rings. The number of amides is 1. The van der Waals surface area contributed by atoms with Crippen molar-refractivity contribution in [2.75, 3.05) is 6.54 Å². The van der Waals surface area contributed by atoms with Crippen molar-refractivity contribution >= 4 is 6.09 Å². The Balaban J connectivity index is 2.28. The summed E-state index contributed by atoms with van der Waals surface area (Å²) in [5.41, 5.74) is -0.434. The molecule has 4 heteroatoms. The highest BCUT2D eigenvalue weighted by atomic mass is 16.6. The van der Waals surface area contributed by atoms with Gasteiger partial charge in [-0.15, -0.1) is 6.58 Å². The second-order valence-electron chi connectivity index (χ2n) is 5.21. The first-order valence-corrected chi connectivity index (χ1v) is 5.74. The van der Waals surface area contributed by atoms with E-state index in [-0.39, 0.29) is 12.1 Å². The third-order valence-electron chi connectivity index (χ3n) is 2.39. The molecule has 1 heterocycles. The number of hydrogen-bond donors (Lipinski definition) is 2. The minimum absolute atomic E-state index is 0.166. The lowest BCUT2D eigenvalue weighted by Crippen LogP contribution is -2.40. The highest BCUT2D eigenvalue weighted by molar-refractivity contribution is 5.68. The Labute approximate surface area is 97.4 Å². The molecule has 0 aromatic carbocycles. The minimum atomic E-state index is -0.434. The minimum Gasteiger partial charge on any atom is -0.444 e. The van der Waals surface area contributed by atoms with Gasteiger partial charge in [0, 0.05) is 18.6 Å². The van der Waals surface area contributed by atoms with Crippen LogP contribution >= 0.6 is 0 Å². The zero-order chi connectivity index (χ0) is 12.2. The van der Waals surface area contributed by atoms with Crippen LogP contribution in [-0.4, -0.2) is 30.3 Å². The van der Waals surface area contributed by atoms with Crippen LogP contribution in [0.3, 0.4) is 0 Å². The Morgan fingerprint density at radius 2 is 2.31 bits per heavy atom. The molecule has 0 saturated carbocycles. The van der Waals surface area contributed by atoms with E-state index in [4.69, 9.17) is 4.74 Å². The van der Waals surface area contributed by atoms with E-state index in [0.29, 0.717) is 6.04 Å². The van der Waals surface area contributed by atoms with Crippen molar-refractivity contribution in [2.45, 2.75) is 51.3 Å². The molecule has 0 aliphatic carbocycles. The number of hydrogen-bond acceptors (Lipinski definition) is 3. The van der Waals surface area contributed by atoms with Crippen molar-refractivity contribution in [3.8, 4) is 0 Å². The molecule has 92 valence electrons. The Morgan fingerprint density at radius 1 is 1.62 bits per heavy atom. The first kappa shape index (κ1) is 13.0. The third-order valence-corrected chi connectivity index (χ3v) is 2.39. The van der Waals surface area contributed by atoms with E-state index in [1.54, 1.807) is 0 Å². The molecule has 2 atom stereocenters. The fourth-order valence-electron chi connectivity index (χ4n) is 1.78. The van der Waals surface area contributed by atoms with Crippen molar-refractivity contribution in [1.82, 2.24) is 10.6 Å². The molecule has 4 nitrogen and oxygen atoms in total. The lowest BCUT2D eigenvalue weighted by molar-refractivity contribution is 0.0508. The zero-order valence-corrected chi connectivity index (χ0v) is 10.4. The average Bonchev–Trinajstić information content (AvgIpc) is 2.49. The summed E-state index contributed by atoms with van der Waals surface area (Å²) in [4.78, 5) is 11.5. The van der Waals surface area contributed by atoms with Gasteiger partial charge in [-0.3, -0.25) is 0 Å². The number of alkyl carbamates (subject to hydrolysis) is 1. The standard InChI is InChI=1S/C12H22N2O2/c1-5-6-9-7-10(8-13-9)14-11(15)16-12(2,3)4/h5,9-10,13H,1,6-8H2,2-4H3,(H,14,15)/t9-,10-/m0/s1. The van der Waals surface area contributed by atoms with Gasteiger partial charge in [0.15, 0.2) is 0 Å². The van der Waals surface area contributed by atoms with Crippen molar-refractivity contribution in [1.29, 1.82) is 0 Å². The summed E-state index contributed by atoms with van der Waals surface area (Å²) in [6, 6.07) is 0.595. The fraction of sp³-hybridized carbons (Fsp3) is 0.750. The maximum atomic E-state index is 11.5. The summed E-state index contributed by atoms with van der Waals surface area (Å²) in [6.45, 7) is 10.1. The quantitative estimate of drug-likeness (QED) is 0.722. The van der Waals surface area contributed by atoms with E-state index in [1.165, 1.54) is 0 Å². The van der Waals surface area contributed by atoms with E-state index in [9.17, 15) is 4.79 Å². The van der Waals surface area contributed by atoms with Crippen LogP contribution in [0.25, 0.3) is 0 Å². The van der Waals surface area contributed by atoms with Crippen molar-refractivity contribution in [3.63, 3.8) is 0 Å². The molecule has 0 bridgehead atoms. The van der Waals surface area contributed by atoms with Gasteiger partial charge < -0.3 is 15.4 Å². The van der Waals surface area contributed by atoms with Gasteiger partial charge in [0.05, 0.1) is 0 Å². The summed E-state index contributed by atoms with van der Waals surface area (Å²) in [5.74, 6) is 0. The van der Waals surface area contributed by atoms with Gasteiger partial charge in [-0.1, -0.05) is 6.08 Å². The van der Waals surface area contributed by atoms with E-state index in [2.05, 4.69) is 17.2 Å². The van der Waals surface area contributed by atoms with Crippen LogP contribution in [0.2, 0.25) is 0 Å². The molecular formula is C12H22N2O2. The van der Waals surface area contributed by atoms with Crippen LogP contribution in [0.15, 0.2) is 12.7 Å². The molecule has 1 aliphatic heterocycles. The van der Waals surface area contributed by atoms with Crippen LogP contribution < -0.4 is 10.6 Å². The fourth-order valence-corrected chi connectivity index (χ4v) is 1.78. The summed E-state index contributed by atoms with van der Waals surface area (Å²) >= 11 is 0. The summed E-state index contributed by atoms with van der Waals surface area (Å²) in [6.07, 6.45) is 3.43. The molecule has 1 saturated heterocycles. The van der Waals surface area contributed by atoms with Crippen LogP contribution in [0, 0.1) is 0 Å². The Hall–Kier alpha value is -1.03. The second-order valence-corrected chi connectivity index (χ2v) is 5.21. The number of carbonyl (C=O) groups excluding carboxylic acids is 1. The molecule has 1 rings (SSSR count). The van der Waals surface area contributed by atoms with Gasteiger partial charge in [0.2, 0.25) is 0 Å². The molecule has 0 unspecified atom stereocenters. The summed E-state index contributed by atoms with van der Waals surface area (Å²) in [5, 5.41) is 6.20. The Bertz CT molecular complexity index is 258. The Kier molecular flexibility index (Phi) is 4.35. The smallest absolute Gasteiger partial charge is 0.407 e. The van der Waals surface area contributed by atoms with Crippen LogP contribution in [-0.2, 0) is 4.74 Å². The molecule has 0 radical (unpaired) electrons. The molecule has 0 aromatic rings. The lowest BCUT2D eigenvalue weighted by Gasteiger charge is -2.21. The summed E-state index contributed by atoms with van der Waals surface area (Å²) < 4.78 is 5.20. The number of nitrogens with one attached hydrogen (secondary N) is 2. The normalized spacial score (nSPS) is 25.2. The molecular weight excluding hydrogens is 204 g/mol. The van der Waals surface area contributed by atoms with Gasteiger partial charge >= 0.3 is 6.09 Å². The topological polar surface area (TPSA) is 50.4 Å². The van der Waals surface area contributed by atoms with Crippen molar-refractivity contribution in [2.24, 2.45) is 0 Å². The predicted molar refractivity (Wildman–Crippen MR) is 64.4 cm³/mol. The molecule has 2 N–H and O–H groups in total. The van der Waals surface area contributed by atoms with Gasteiger partial charge in [-0.25, -0.2) is 4.79 Å². The molecule has 1 aliphatic rings. The Morgan fingerprint density at radius 3 is 2.88 bits per heavy atom. The van der Waals surface area contributed by atoms with Gasteiger partial charge in [0.1, 0.15) is 5.60 Å². The van der Waals surface area contributed by atoms with Gasteiger partial charge in [-0.2, -0.15) is 0 Å². The van der Waals surface area contributed by atoms with Crippen LogP contribution in [0.4, 0.5) is 4.79 Å².